The molecule has 2 nitrogen and oxygen atoms in total. The topological polar surface area (TPSA) is 40.1 Å². The number of carboxylic acid groups (broad SMARTS) is 1. The maximum absolute atomic E-state index is 13.0. The molecule has 9 heteroatoms. The number of halogens is 6. The highest BCUT2D eigenvalue weighted by molar-refractivity contribution is 7.38. The summed E-state index contributed by atoms with van der Waals surface area (Å²) in [4.78, 5) is 9.28. The van der Waals surface area contributed by atoms with Gasteiger partial charge in [0.1, 0.15) is 5.97 Å². The van der Waals surface area contributed by atoms with Gasteiger partial charge in [0.05, 0.1) is 10.5 Å². The smallest absolute Gasteiger partial charge is 0.542 e. The monoisotopic (exact) mass is 358 g/mol. The minimum Gasteiger partial charge on any atom is -0.542 e. The van der Waals surface area contributed by atoms with Crippen LogP contribution in [0.15, 0.2) is 30.3 Å². The van der Waals surface area contributed by atoms with Gasteiger partial charge in [-0.15, -0.1) is 13.2 Å². The summed E-state index contributed by atoms with van der Waals surface area (Å²) in [5.41, 5.74) is -4.16. The number of alkyl halides is 6. The van der Waals surface area contributed by atoms with Crippen LogP contribution in [0.25, 0.3) is 10.1 Å². The number of carboxylic acids is 1. The minimum absolute atomic E-state index is 0.0719. The van der Waals surface area contributed by atoms with Crippen molar-refractivity contribution < 1.29 is 36.2 Å². The summed E-state index contributed by atoms with van der Waals surface area (Å²) in [6.45, 7) is 3.62. The number of fused-ring (bicyclic) bond motifs is 1. The van der Waals surface area contributed by atoms with Crippen molar-refractivity contribution in [1.82, 2.24) is 0 Å². The van der Waals surface area contributed by atoms with Gasteiger partial charge in [0.15, 0.2) is 9.58 Å². The number of thiophene rings is 1. The van der Waals surface area contributed by atoms with Crippen LogP contribution in [0.1, 0.15) is 24.6 Å². The van der Waals surface area contributed by atoms with E-state index < -0.39 is 28.1 Å². The van der Waals surface area contributed by atoms with Crippen molar-refractivity contribution in [2.75, 3.05) is 0 Å². The second-order valence-electron chi connectivity index (χ2n) is 4.78. The molecule has 0 aliphatic heterocycles. The summed E-state index contributed by atoms with van der Waals surface area (Å²) in [6.07, 6.45) is -5.19. The normalized spacial score (nSPS) is 13.0. The Morgan fingerprint density at radius 1 is 1.09 bits per heavy atom. The highest BCUT2D eigenvalue weighted by Crippen LogP contribution is 2.52. The van der Waals surface area contributed by atoms with Gasteiger partial charge in [-0.1, -0.05) is 26.0 Å². The fraction of sp³-hybridized carbons (Fsp3) is 0.357. The zero-order valence-electron chi connectivity index (χ0n) is 12.0. The molecule has 0 aliphatic rings. The third-order valence-electron chi connectivity index (χ3n) is 2.70. The molecule has 1 aromatic heterocycles. The van der Waals surface area contributed by atoms with E-state index in [-0.39, 0.29) is 5.92 Å². The quantitative estimate of drug-likeness (QED) is 0.557. The van der Waals surface area contributed by atoms with E-state index in [9.17, 15) is 26.3 Å². The molecule has 0 spiro atoms. The van der Waals surface area contributed by atoms with E-state index in [1.807, 2.05) is 13.8 Å². The molecule has 128 valence electrons. The lowest BCUT2D eigenvalue weighted by atomic mass is 10.1. The highest BCUT2D eigenvalue weighted by atomic mass is 32.2. The molecule has 0 aliphatic carbocycles. The fourth-order valence-corrected chi connectivity index (χ4v) is 3.85. The number of carbonyl (C=O) groups is 1. The molecule has 0 saturated heterocycles. The van der Waals surface area contributed by atoms with E-state index in [1.54, 1.807) is 30.3 Å². The second kappa shape index (κ2) is 6.77. The Morgan fingerprint density at radius 2 is 1.57 bits per heavy atom. The lowest BCUT2D eigenvalue weighted by Gasteiger charge is -2.03. The Bertz CT molecular complexity index is 685. The Kier molecular flexibility index (Phi) is 5.68. The van der Waals surface area contributed by atoms with E-state index in [2.05, 4.69) is 0 Å². The van der Waals surface area contributed by atoms with Crippen LogP contribution in [0.2, 0.25) is 0 Å². The van der Waals surface area contributed by atoms with E-state index >= 15 is 0 Å². The van der Waals surface area contributed by atoms with E-state index in [1.165, 1.54) is 0 Å². The fourth-order valence-electron chi connectivity index (χ4n) is 1.79. The zero-order chi connectivity index (χ0) is 18.0. The van der Waals surface area contributed by atoms with Gasteiger partial charge in [-0.05, 0) is 12.1 Å². The number of aliphatic carboxylic acids is 1. The van der Waals surface area contributed by atoms with Crippen molar-refractivity contribution in [1.29, 1.82) is 0 Å². The van der Waals surface area contributed by atoms with Crippen LogP contribution in [-0.4, -0.2) is 12.1 Å². The number of carbonyl (C=O) groups excluding carboxylic acids is 1. The van der Waals surface area contributed by atoms with Crippen LogP contribution >= 0.6 is 10.5 Å². The molecule has 0 bridgehead atoms. The molecule has 1 aromatic carbocycles. The standard InChI is InChI=1S/C12H12F3S.C2HF3O2/c1-8(2)11-7-9-5-3-4-6-10(9)16(11)12(13,14)15;3-2(4,5)1(6)7/h3-8H,1-2H3;(H,6,7)/q+1;/p-1. The molecule has 1 unspecified atom stereocenters. The van der Waals surface area contributed by atoms with E-state index in [0.29, 0.717) is 15.0 Å². The van der Waals surface area contributed by atoms with Gasteiger partial charge in [-0.2, -0.15) is 13.2 Å². The van der Waals surface area contributed by atoms with Gasteiger partial charge in [-0.3, -0.25) is 0 Å². The molecular weight excluding hydrogens is 346 g/mol. The SMILES string of the molecule is CC(C)c1cc2ccccc2[s+]1C(F)(F)F.O=C([O-])C(F)(F)F. The van der Waals surface area contributed by atoms with Crippen LogP contribution in [0, 0.1) is 0 Å². The van der Waals surface area contributed by atoms with Gasteiger partial charge in [0.2, 0.25) is 0 Å². The van der Waals surface area contributed by atoms with E-state index in [0.717, 1.165) is 0 Å². The first-order valence-electron chi connectivity index (χ1n) is 6.25. The third-order valence-corrected chi connectivity index (χ3v) is 5.04. The molecule has 1 heterocycles. The molecule has 0 N–H and O–H groups in total. The summed E-state index contributed by atoms with van der Waals surface area (Å²) in [5, 5.41) is 9.50. The van der Waals surface area contributed by atoms with Crippen LogP contribution < -0.4 is 5.11 Å². The molecule has 23 heavy (non-hydrogen) atoms. The zero-order valence-corrected chi connectivity index (χ0v) is 12.8. The van der Waals surface area contributed by atoms with Crippen molar-refractivity contribution in [3.63, 3.8) is 0 Å². The number of rotatable bonds is 1. The predicted octanol–water partition coefficient (Wildman–Crippen LogP) is 4.49. The third kappa shape index (κ3) is 4.85. The largest absolute Gasteiger partial charge is 0.600 e. The lowest BCUT2D eigenvalue weighted by Crippen LogP contribution is -2.37. The van der Waals surface area contributed by atoms with Gasteiger partial charge >= 0.3 is 11.7 Å². The van der Waals surface area contributed by atoms with Crippen molar-refractivity contribution in [3.05, 3.63) is 35.2 Å². The summed E-state index contributed by atoms with van der Waals surface area (Å²) in [6, 6.07) is 8.46. The molecule has 0 fully saturated rings. The lowest BCUT2D eigenvalue weighted by molar-refractivity contribution is -0.344. The summed E-state index contributed by atoms with van der Waals surface area (Å²) in [5.74, 6) is -3.08. The summed E-state index contributed by atoms with van der Waals surface area (Å²) < 4.78 is 71.0. The Hall–Kier alpha value is -1.77. The Labute approximate surface area is 130 Å². The van der Waals surface area contributed by atoms with Crippen LogP contribution in [0.4, 0.5) is 26.3 Å². The molecule has 0 amide bonds. The number of hydrogen-bond acceptors (Lipinski definition) is 2. The van der Waals surface area contributed by atoms with Crippen molar-refractivity contribution in [3.8, 4) is 0 Å². The van der Waals surface area contributed by atoms with Gasteiger partial charge in [0.25, 0.3) is 0 Å². The van der Waals surface area contributed by atoms with Crippen LogP contribution in [-0.2, 0) is 10.3 Å². The highest BCUT2D eigenvalue weighted by Gasteiger charge is 2.48. The molecule has 1 atom stereocenters. The van der Waals surface area contributed by atoms with Gasteiger partial charge in [0, 0.05) is 17.4 Å². The predicted molar refractivity (Wildman–Crippen MR) is 72.9 cm³/mol. The average Bonchev–Trinajstić information content (AvgIpc) is 2.77. The van der Waals surface area contributed by atoms with Crippen molar-refractivity contribution >= 4 is 26.5 Å². The molecule has 2 rings (SSSR count). The van der Waals surface area contributed by atoms with Crippen molar-refractivity contribution in [2.45, 2.75) is 31.5 Å². The maximum atomic E-state index is 13.0. The summed E-state index contributed by atoms with van der Waals surface area (Å²) in [7, 11) is -1.73. The minimum atomic E-state index is -5.19. The molecule has 0 radical (unpaired) electrons. The van der Waals surface area contributed by atoms with Gasteiger partial charge in [-0.25, -0.2) is 0 Å². The second-order valence-corrected chi connectivity index (χ2v) is 6.76. The molecular formula is C14H12F6O2S. The van der Waals surface area contributed by atoms with Gasteiger partial charge < -0.3 is 9.90 Å². The number of benzene rings is 1. The molecule has 2 aromatic rings. The van der Waals surface area contributed by atoms with E-state index in [4.69, 9.17) is 9.90 Å². The average molecular weight is 358 g/mol. The molecule has 0 saturated carbocycles. The first kappa shape index (κ1) is 19.3. The van der Waals surface area contributed by atoms with Crippen LogP contribution in [0.5, 0.6) is 0 Å². The Morgan fingerprint density at radius 3 is 1.96 bits per heavy atom. The first-order valence-corrected chi connectivity index (χ1v) is 7.48. The Balaban J connectivity index is 0.000000322. The van der Waals surface area contributed by atoms with Crippen LogP contribution in [0.3, 0.4) is 0 Å². The number of hydrogen-bond donors (Lipinski definition) is 0. The summed E-state index contributed by atoms with van der Waals surface area (Å²) >= 11 is 0. The maximum Gasteiger partial charge on any atom is 0.600 e. The first-order chi connectivity index (χ1) is 10.4. The van der Waals surface area contributed by atoms with Crippen molar-refractivity contribution in [2.24, 2.45) is 0 Å².